The monoisotopic (exact) mass is 238 g/mol. The standard InChI is InChI=1S/C9H7ClN4O2/c10-8-5-11-7(4-12-8)9(15)13-3-6-1-2-14-16-6/h1-2,4-5H,3H2,(H,13,15). The van der Waals surface area contributed by atoms with Crippen LogP contribution in [0.5, 0.6) is 0 Å². The van der Waals surface area contributed by atoms with Gasteiger partial charge >= 0.3 is 0 Å². The van der Waals surface area contributed by atoms with Crippen LogP contribution in [0.4, 0.5) is 0 Å². The number of rotatable bonds is 3. The van der Waals surface area contributed by atoms with Gasteiger partial charge in [-0.05, 0) is 0 Å². The zero-order valence-corrected chi connectivity index (χ0v) is 8.81. The molecule has 0 radical (unpaired) electrons. The molecule has 0 unspecified atom stereocenters. The van der Waals surface area contributed by atoms with E-state index in [-0.39, 0.29) is 23.3 Å². The molecule has 0 saturated carbocycles. The summed E-state index contributed by atoms with van der Waals surface area (Å²) in [5.74, 6) is 0.218. The quantitative estimate of drug-likeness (QED) is 0.864. The van der Waals surface area contributed by atoms with E-state index in [0.29, 0.717) is 5.76 Å². The van der Waals surface area contributed by atoms with Crippen LogP contribution in [0.25, 0.3) is 0 Å². The molecule has 2 heterocycles. The Morgan fingerprint density at radius 3 is 2.94 bits per heavy atom. The fraction of sp³-hybridized carbons (Fsp3) is 0.111. The number of carbonyl (C=O) groups excluding carboxylic acids is 1. The van der Waals surface area contributed by atoms with Crippen molar-refractivity contribution < 1.29 is 9.32 Å². The Morgan fingerprint density at radius 1 is 1.44 bits per heavy atom. The summed E-state index contributed by atoms with van der Waals surface area (Å²) in [5.41, 5.74) is 0.198. The summed E-state index contributed by atoms with van der Waals surface area (Å²) in [4.78, 5) is 19.1. The summed E-state index contributed by atoms with van der Waals surface area (Å²) in [5, 5.41) is 6.36. The van der Waals surface area contributed by atoms with Crippen molar-refractivity contribution in [2.75, 3.05) is 0 Å². The van der Waals surface area contributed by atoms with Crippen LogP contribution in [-0.4, -0.2) is 21.0 Å². The average molecular weight is 239 g/mol. The number of halogens is 1. The van der Waals surface area contributed by atoms with Crippen molar-refractivity contribution in [3.63, 3.8) is 0 Å². The Kier molecular flexibility index (Phi) is 3.11. The number of aromatic nitrogens is 3. The molecule has 0 saturated heterocycles. The molecule has 0 fully saturated rings. The minimum absolute atomic E-state index is 0.198. The van der Waals surface area contributed by atoms with E-state index in [1.807, 2.05) is 0 Å². The first-order valence-electron chi connectivity index (χ1n) is 4.41. The largest absolute Gasteiger partial charge is 0.360 e. The molecule has 0 aliphatic rings. The first kappa shape index (κ1) is 10.6. The lowest BCUT2D eigenvalue weighted by molar-refractivity contribution is 0.0941. The third-order valence-corrected chi connectivity index (χ3v) is 1.96. The van der Waals surface area contributed by atoms with Crippen LogP contribution in [0, 0.1) is 0 Å². The molecule has 0 aromatic carbocycles. The summed E-state index contributed by atoms with van der Waals surface area (Å²) in [6.07, 6.45) is 4.12. The Hall–Kier alpha value is -1.95. The van der Waals surface area contributed by atoms with Gasteiger partial charge in [-0.1, -0.05) is 16.8 Å². The molecule has 16 heavy (non-hydrogen) atoms. The first-order chi connectivity index (χ1) is 7.75. The minimum Gasteiger partial charge on any atom is -0.360 e. The lowest BCUT2D eigenvalue weighted by Gasteiger charge is -2.01. The highest BCUT2D eigenvalue weighted by molar-refractivity contribution is 6.29. The van der Waals surface area contributed by atoms with Gasteiger partial charge in [-0.3, -0.25) is 4.79 Å². The fourth-order valence-corrected chi connectivity index (χ4v) is 1.12. The van der Waals surface area contributed by atoms with Gasteiger partial charge in [0.2, 0.25) is 0 Å². The Balaban J connectivity index is 1.95. The van der Waals surface area contributed by atoms with E-state index in [0.717, 1.165) is 0 Å². The predicted octanol–water partition coefficient (Wildman–Crippen LogP) is 1.05. The highest BCUT2D eigenvalue weighted by Gasteiger charge is 2.08. The second-order valence-corrected chi connectivity index (χ2v) is 3.27. The minimum atomic E-state index is -0.347. The first-order valence-corrected chi connectivity index (χ1v) is 4.79. The fourth-order valence-electron chi connectivity index (χ4n) is 1.02. The Morgan fingerprint density at radius 2 is 2.31 bits per heavy atom. The molecule has 0 spiro atoms. The molecule has 1 N–H and O–H groups in total. The van der Waals surface area contributed by atoms with E-state index < -0.39 is 0 Å². The molecule has 7 heteroatoms. The smallest absolute Gasteiger partial charge is 0.271 e. The third kappa shape index (κ3) is 2.54. The molecular formula is C9H7ClN4O2. The summed E-state index contributed by atoms with van der Waals surface area (Å²) in [7, 11) is 0. The van der Waals surface area contributed by atoms with Gasteiger partial charge in [0.15, 0.2) is 5.76 Å². The second-order valence-electron chi connectivity index (χ2n) is 2.89. The topological polar surface area (TPSA) is 80.9 Å². The molecule has 0 atom stereocenters. The lowest BCUT2D eigenvalue weighted by Crippen LogP contribution is -2.23. The number of hydrogen-bond acceptors (Lipinski definition) is 5. The normalized spacial score (nSPS) is 10.1. The number of nitrogens with zero attached hydrogens (tertiary/aromatic N) is 3. The van der Waals surface area contributed by atoms with Crippen LogP contribution >= 0.6 is 11.6 Å². The molecule has 6 nitrogen and oxygen atoms in total. The number of carbonyl (C=O) groups is 1. The maximum Gasteiger partial charge on any atom is 0.271 e. The van der Waals surface area contributed by atoms with Crippen molar-refractivity contribution in [3.8, 4) is 0 Å². The third-order valence-electron chi connectivity index (χ3n) is 1.77. The van der Waals surface area contributed by atoms with Crippen molar-refractivity contribution in [2.45, 2.75) is 6.54 Å². The highest BCUT2D eigenvalue weighted by Crippen LogP contribution is 2.02. The van der Waals surface area contributed by atoms with Gasteiger partial charge < -0.3 is 9.84 Å². The van der Waals surface area contributed by atoms with Crippen LogP contribution in [0.2, 0.25) is 5.15 Å². The summed E-state index contributed by atoms with van der Waals surface area (Å²) in [6, 6.07) is 1.66. The van der Waals surface area contributed by atoms with Gasteiger partial charge in [0.05, 0.1) is 25.1 Å². The molecular weight excluding hydrogens is 232 g/mol. The van der Waals surface area contributed by atoms with Crippen LogP contribution < -0.4 is 5.32 Å². The van der Waals surface area contributed by atoms with Gasteiger partial charge in [-0.2, -0.15) is 0 Å². The van der Waals surface area contributed by atoms with E-state index in [4.69, 9.17) is 16.1 Å². The van der Waals surface area contributed by atoms with Crippen LogP contribution in [0.1, 0.15) is 16.2 Å². The van der Waals surface area contributed by atoms with Crippen molar-refractivity contribution in [1.29, 1.82) is 0 Å². The van der Waals surface area contributed by atoms with E-state index in [9.17, 15) is 4.79 Å². The van der Waals surface area contributed by atoms with Gasteiger partial charge in [0, 0.05) is 6.07 Å². The zero-order chi connectivity index (χ0) is 11.4. The number of nitrogens with one attached hydrogen (secondary N) is 1. The van der Waals surface area contributed by atoms with Crippen LogP contribution in [-0.2, 0) is 6.54 Å². The maximum atomic E-state index is 11.5. The van der Waals surface area contributed by atoms with Gasteiger partial charge in [-0.25, -0.2) is 9.97 Å². The Labute approximate surface area is 95.6 Å². The van der Waals surface area contributed by atoms with Crippen molar-refractivity contribution >= 4 is 17.5 Å². The summed E-state index contributed by atoms with van der Waals surface area (Å²) >= 11 is 5.55. The van der Waals surface area contributed by atoms with Gasteiger partial charge in [-0.15, -0.1) is 0 Å². The van der Waals surface area contributed by atoms with Gasteiger partial charge in [0.1, 0.15) is 10.8 Å². The molecule has 1 amide bonds. The highest BCUT2D eigenvalue weighted by atomic mass is 35.5. The van der Waals surface area contributed by atoms with Crippen molar-refractivity contribution in [1.82, 2.24) is 20.4 Å². The summed E-state index contributed by atoms with van der Waals surface area (Å²) < 4.78 is 4.82. The predicted molar refractivity (Wildman–Crippen MR) is 54.7 cm³/mol. The number of amides is 1. The SMILES string of the molecule is O=C(NCc1ccno1)c1cnc(Cl)cn1. The van der Waals surface area contributed by atoms with Crippen LogP contribution in [0.3, 0.4) is 0 Å². The van der Waals surface area contributed by atoms with Crippen LogP contribution in [0.15, 0.2) is 29.2 Å². The van der Waals surface area contributed by atoms with E-state index >= 15 is 0 Å². The molecule has 2 aromatic rings. The molecule has 0 aliphatic carbocycles. The molecule has 0 bridgehead atoms. The molecule has 0 aliphatic heterocycles. The molecule has 2 aromatic heterocycles. The average Bonchev–Trinajstić information content (AvgIpc) is 2.80. The second kappa shape index (κ2) is 4.71. The lowest BCUT2D eigenvalue weighted by atomic mass is 10.4. The van der Waals surface area contributed by atoms with E-state index in [1.165, 1.54) is 18.6 Å². The zero-order valence-electron chi connectivity index (χ0n) is 8.05. The van der Waals surface area contributed by atoms with Gasteiger partial charge in [0.25, 0.3) is 5.91 Å². The number of hydrogen-bond donors (Lipinski definition) is 1. The molecule has 2 rings (SSSR count). The summed E-state index contributed by atoms with van der Waals surface area (Å²) in [6.45, 7) is 0.253. The van der Waals surface area contributed by atoms with Crippen molar-refractivity contribution in [3.05, 3.63) is 41.3 Å². The van der Waals surface area contributed by atoms with Crippen molar-refractivity contribution in [2.24, 2.45) is 0 Å². The maximum absolute atomic E-state index is 11.5. The van der Waals surface area contributed by atoms with E-state index in [2.05, 4.69) is 20.4 Å². The molecule has 82 valence electrons. The Bertz CT molecular complexity index is 469. The van der Waals surface area contributed by atoms with E-state index in [1.54, 1.807) is 6.07 Å².